The maximum Gasteiger partial charge on any atom is 0.269 e. The molecule has 5 nitrogen and oxygen atoms in total. The van der Waals surface area contributed by atoms with Gasteiger partial charge in [-0.3, -0.25) is 0 Å². The van der Waals surface area contributed by atoms with Crippen LogP contribution in [0.25, 0.3) is 10.8 Å². The number of nitrogens with zero attached hydrogens (tertiary/aromatic N) is 3. The number of rotatable bonds is 5. The van der Waals surface area contributed by atoms with Crippen molar-refractivity contribution < 1.29 is 4.52 Å². The van der Waals surface area contributed by atoms with Gasteiger partial charge in [-0.25, -0.2) is 4.98 Å². The van der Waals surface area contributed by atoms with Gasteiger partial charge in [-0.1, -0.05) is 19.0 Å². The van der Waals surface area contributed by atoms with Crippen molar-refractivity contribution in [2.24, 2.45) is 5.73 Å². The van der Waals surface area contributed by atoms with Crippen LogP contribution in [-0.2, 0) is 12.3 Å². The molecule has 0 fully saturated rings. The van der Waals surface area contributed by atoms with Crippen LogP contribution in [0.1, 0.15) is 30.4 Å². The van der Waals surface area contributed by atoms with E-state index in [1.807, 2.05) is 6.92 Å². The Kier molecular flexibility index (Phi) is 4.36. The van der Waals surface area contributed by atoms with Crippen LogP contribution in [0.4, 0.5) is 0 Å². The van der Waals surface area contributed by atoms with Crippen LogP contribution in [0.2, 0.25) is 0 Å². The molecule has 18 heavy (non-hydrogen) atoms. The van der Waals surface area contributed by atoms with E-state index in [-0.39, 0.29) is 0 Å². The Bertz CT molecular complexity index is 521. The first-order valence-corrected chi connectivity index (χ1v) is 7.57. The molecule has 98 valence electrons. The lowest BCUT2D eigenvalue weighted by Crippen LogP contribution is -1.94. The summed E-state index contributed by atoms with van der Waals surface area (Å²) >= 11 is 3.30. The van der Waals surface area contributed by atoms with E-state index in [2.05, 4.69) is 29.0 Å². The van der Waals surface area contributed by atoms with E-state index in [1.165, 1.54) is 11.3 Å². The first-order valence-electron chi connectivity index (χ1n) is 5.71. The van der Waals surface area contributed by atoms with Crippen molar-refractivity contribution in [3.63, 3.8) is 0 Å². The maximum atomic E-state index is 5.57. The zero-order valence-electron chi connectivity index (χ0n) is 10.6. The summed E-state index contributed by atoms with van der Waals surface area (Å²) < 4.78 is 5.28. The van der Waals surface area contributed by atoms with Gasteiger partial charge in [0.05, 0.1) is 11.4 Å². The number of aryl methyl sites for hydroxylation is 1. The zero-order valence-corrected chi connectivity index (χ0v) is 12.3. The van der Waals surface area contributed by atoms with Crippen LogP contribution in [0.15, 0.2) is 4.52 Å². The van der Waals surface area contributed by atoms with Crippen molar-refractivity contribution in [1.82, 2.24) is 15.1 Å². The maximum absolute atomic E-state index is 5.57. The van der Waals surface area contributed by atoms with Gasteiger partial charge in [0.25, 0.3) is 5.89 Å². The molecule has 2 heterocycles. The number of nitrogens with two attached hydrogens (primary N) is 1. The third kappa shape index (κ3) is 3.09. The summed E-state index contributed by atoms with van der Waals surface area (Å²) in [5.41, 5.74) is 6.47. The molecule has 0 radical (unpaired) electrons. The van der Waals surface area contributed by atoms with E-state index in [9.17, 15) is 0 Å². The topological polar surface area (TPSA) is 77.8 Å². The monoisotopic (exact) mass is 284 g/mol. The van der Waals surface area contributed by atoms with Gasteiger partial charge in [0.2, 0.25) is 0 Å². The van der Waals surface area contributed by atoms with Gasteiger partial charge in [-0.15, -0.1) is 11.3 Å². The van der Waals surface area contributed by atoms with Gasteiger partial charge < -0.3 is 10.3 Å². The second-order valence-corrected chi connectivity index (χ2v) is 6.75. The summed E-state index contributed by atoms with van der Waals surface area (Å²) in [6.45, 7) is 6.66. The molecule has 0 aliphatic heterocycles. The third-order valence-electron chi connectivity index (χ3n) is 2.22. The van der Waals surface area contributed by atoms with E-state index >= 15 is 0 Å². The van der Waals surface area contributed by atoms with Crippen molar-refractivity contribution in [2.45, 2.75) is 38.3 Å². The highest BCUT2D eigenvalue weighted by Crippen LogP contribution is 2.29. The predicted octanol–water partition coefficient (Wildman–Crippen LogP) is 2.60. The van der Waals surface area contributed by atoms with E-state index in [0.29, 0.717) is 17.7 Å². The van der Waals surface area contributed by atoms with E-state index in [4.69, 9.17) is 10.3 Å². The summed E-state index contributed by atoms with van der Waals surface area (Å²) in [7, 11) is 0. The fraction of sp³-hybridized carbons (Fsp3) is 0.545. The van der Waals surface area contributed by atoms with E-state index in [1.54, 1.807) is 11.8 Å². The second kappa shape index (κ2) is 5.81. The molecule has 0 spiro atoms. The second-order valence-electron chi connectivity index (χ2n) is 4.10. The van der Waals surface area contributed by atoms with Gasteiger partial charge in [0.1, 0.15) is 9.88 Å². The molecule has 0 aliphatic carbocycles. The smallest absolute Gasteiger partial charge is 0.269 e. The Balaban J connectivity index is 2.15. The fourth-order valence-electron chi connectivity index (χ4n) is 1.38. The number of hydrogen-bond acceptors (Lipinski definition) is 7. The molecule has 2 aromatic rings. The van der Waals surface area contributed by atoms with Crippen LogP contribution in [-0.4, -0.2) is 20.4 Å². The van der Waals surface area contributed by atoms with Crippen LogP contribution < -0.4 is 5.73 Å². The summed E-state index contributed by atoms with van der Waals surface area (Å²) in [4.78, 5) is 9.66. The standard InChI is InChI=1S/C11H16N4OS2/c1-6(2)17-5-8-14-11(16-15-8)10-7(3)13-9(4-12)18-10/h6H,4-5,12H2,1-3H3. The number of aromatic nitrogens is 3. The lowest BCUT2D eigenvalue weighted by Gasteiger charge is -1.98. The number of hydrogen-bond donors (Lipinski definition) is 1. The molecule has 0 atom stereocenters. The molecule has 2 aromatic heterocycles. The molecule has 0 saturated heterocycles. The quantitative estimate of drug-likeness (QED) is 0.909. The highest BCUT2D eigenvalue weighted by atomic mass is 32.2. The summed E-state index contributed by atoms with van der Waals surface area (Å²) in [6, 6.07) is 0. The molecule has 7 heteroatoms. The van der Waals surface area contributed by atoms with Gasteiger partial charge in [0.15, 0.2) is 5.82 Å². The van der Waals surface area contributed by atoms with Crippen LogP contribution in [0, 0.1) is 6.92 Å². The fourth-order valence-corrected chi connectivity index (χ4v) is 2.85. The summed E-state index contributed by atoms with van der Waals surface area (Å²) in [5, 5.41) is 5.43. The van der Waals surface area contributed by atoms with Crippen molar-refractivity contribution in [2.75, 3.05) is 0 Å². The van der Waals surface area contributed by atoms with Gasteiger partial charge in [-0.2, -0.15) is 16.7 Å². The lowest BCUT2D eigenvalue weighted by molar-refractivity contribution is 0.425. The molecule has 0 aliphatic rings. The zero-order chi connectivity index (χ0) is 13.1. The van der Waals surface area contributed by atoms with Crippen LogP contribution >= 0.6 is 23.1 Å². The molecule has 0 aromatic carbocycles. The van der Waals surface area contributed by atoms with Crippen LogP contribution in [0.3, 0.4) is 0 Å². The summed E-state index contributed by atoms with van der Waals surface area (Å²) in [6.07, 6.45) is 0. The van der Waals surface area contributed by atoms with Gasteiger partial charge >= 0.3 is 0 Å². The predicted molar refractivity (Wildman–Crippen MR) is 74.5 cm³/mol. The normalized spacial score (nSPS) is 11.4. The largest absolute Gasteiger partial charge is 0.333 e. The van der Waals surface area contributed by atoms with Gasteiger partial charge in [0, 0.05) is 6.54 Å². The van der Waals surface area contributed by atoms with Crippen molar-refractivity contribution in [1.29, 1.82) is 0 Å². The molecular weight excluding hydrogens is 268 g/mol. The Morgan fingerprint density at radius 3 is 2.78 bits per heavy atom. The molecular formula is C11H16N4OS2. The number of thioether (sulfide) groups is 1. The van der Waals surface area contributed by atoms with E-state index < -0.39 is 0 Å². The number of thiazole rings is 1. The van der Waals surface area contributed by atoms with Gasteiger partial charge in [-0.05, 0) is 12.2 Å². The van der Waals surface area contributed by atoms with Crippen molar-refractivity contribution >= 4 is 23.1 Å². The highest BCUT2D eigenvalue weighted by molar-refractivity contribution is 7.99. The molecule has 0 unspecified atom stereocenters. The average molecular weight is 284 g/mol. The van der Waals surface area contributed by atoms with Crippen molar-refractivity contribution in [3.8, 4) is 10.8 Å². The minimum absolute atomic E-state index is 0.440. The molecule has 2 N–H and O–H groups in total. The Labute approximate surface area is 114 Å². The minimum Gasteiger partial charge on any atom is -0.333 e. The van der Waals surface area contributed by atoms with Crippen LogP contribution in [0.5, 0.6) is 0 Å². The Morgan fingerprint density at radius 2 is 2.17 bits per heavy atom. The average Bonchev–Trinajstić information content (AvgIpc) is 2.92. The summed E-state index contributed by atoms with van der Waals surface area (Å²) in [5.74, 6) is 2.04. The lowest BCUT2D eigenvalue weighted by atomic mass is 10.4. The van der Waals surface area contributed by atoms with E-state index in [0.717, 1.165) is 27.2 Å². The molecule has 2 rings (SSSR count). The third-order valence-corrected chi connectivity index (χ3v) is 4.48. The van der Waals surface area contributed by atoms with Crippen molar-refractivity contribution in [3.05, 3.63) is 16.5 Å². The highest BCUT2D eigenvalue weighted by Gasteiger charge is 2.16. The molecule has 0 bridgehead atoms. The molecule has 0 amide bonds. The first kappa shape index (κ1) is 13.5. The SMILES string of the molecule is Cc1nc(CN)sc1-c1nc(CSC(C)C)no1. The first-order chi connectivity index (χ1) is 8.60. The molecule has 0 saturated carbocycles. The minimum atomic E-state index is 0.440. The Hall–Kier alpha value is -0.920. The Morgan fingerprint density at radius 1 is 1.39 bits per heavy atom.